The Kier molecular flexibility index (Phi) is 2.88. The third-order valence-electron chi connectivity index (χ3n) is 2.55. The second-order valence-electron chi connectivity index (χ2n) is 4.68. The highest BCUT2D eigenvalue weighted by Gasteiger charge is 2.12. The molecule has 2 rings (SSSR count). The van der Waals surface area contributed by atoms with Crippen LogP contribution in [0.2, 0.25) is 0 Å². The highest BCUT2D eigenvalue weighted by Crippen LogP contribution is 2.25. The maximum Gasteiger partial charge on any atom is 0.195 e. The van der Waals surface area contributed by atoms with E-state index in [1.807, 2.05) is 0 Å². The van der Waals surface area contributed by atoms with Gasteiger partial charge in [0.15, 0.2) is 17.3 Å². The number of ketones is 1. The van der Waals surface area contributed by atoms with Crippen LogP contribution in [0.4, 0.5) is 5.69 Å². The van der Waals surface area contributed by atoms with Crippen molar-refractivity contribution in [2.75, 3.05) is 5.73 Å². The molecular weight excluding hydrogens is 216 g/mol. The van der Waals surface area contributed by atoms with Crippen LogP contribution in [0.1, 0.15) is 37.0 Å². The Morgan fingerprint density at radius 3 is 2.76 bits per heavy atom. The molecule has 0 aliphatic rings. The van der Waals surface area contributed by atoms with Gasteiger partial charge >= 0.3 is 0 Å². The molecule has 1 aromatic carbocycles. The summed E-state index contributed by atoms with van der Waals surface area (Å²) in [6, 6.07) is 3.36. The number of anilines is 1. The molecule has 17 heavy (non-hydrogen) atoms. The Balaban J connectivity index is 2.52. The van der Waals surface area contributed by atoms with E-state index in [4.69, 9.17) is 10.2 Å². The number of nitrogens with two attached hydrogens (primary N) is 1. The molecule has 0 bridgehead atoms. The van der Waals surface area contributed by atoms with Crippen molar-refractivity contribution in [3.8, 4) is 0 Å². The first kappa shape index (κ1) is 11.6. The van der Waals surface area contributed by atoms with E-state index in [1.165, 1.54) is 6.92 Å². The highest BCUT2D eigenvalue weighted by atomic mass is 16.3. The van der Waals surface area contributed by atoms with E-state index in [1.54, 1.807) is 12.1 Å². The van der Waals surface area contributed by atoms with E-state index in [9.17, 15) is 4.79 Å². The SMILES string of the molecule is CC(=O)c1cc(N)c2oc(CC(C)C)nc2c1. The molecule has 4 nitrogen and oxygen atoms in total. The van der Waals surface area contributed by atoms with Crippen LogP contribution in [-0.2, 0) is 6.42 Å². The van der Waals surface area contributed by atoms with Crippen molar-refractivity contribution in [1.82, 2.24) is 4.98 Å². The number of hydrogen-bond donors (Lipinski definition) is 1. The molecule has 0 fully saturated rings. The molecule has 0 unspecified atom stereocenters. The monoisotopic (exact) mass is 232 g/mol. The second kappa shape index (κ2) is 4.20. The Labute approximate surface area is 99.8 Å². The van der Waals surface area contributed by atoms with E-state index >= 15 is 0 Å². The van der Waals surface area contributed by atoms with E-state index < -0.39 is 0 Å². The molecule has 0 amide bonds. The van der Waals surface area contributed by atoms with Crippen molar-refractivity contribution < 1.29 is 9.21 Å². The fraction of sp³-hybridized carbons (Fsp3) is 0.385. The van der Waals surface area contributed by atoms with Crippen LogP contribution in [-0.4, -0.2) is 10.8 Å². The summed E-state index contributed by atoms with van der Waals surface area (Å²) >= 11 is 0. The van der Waals surface area contributed by atoms with Gasteiger partial charge in [0.2, 0.25) is 0 Å². The Hall–Kier alpha value is -1.84. The molecule has 2 aromatic rings. The van der Waals surface area contributed by atoms with Gasteiger partial charge in [0.05, 0.1) is 5.69 Å². The molecule has 1 heterocycles. The number of carbonyl (C=O) groups excluding carboxylic acids is 1. The summed E-state index contributed by atoms with van der Waals surface area (Å²) < 4.78 is 5.60. The number of oxazole rings is 1. The van der Waals surface area contributed by atoms with Crippen LogP contribution in [0, 0.1) is 5.92 Å². The predicted octanol–water partition coefficient (Wildman–Crippen LogP) is 2.81. The van der Waals surface area contributed by atoms with Crippen molar-refractivity contribution in [2.24, 2.45) is 5.92 Å². The Bertz CT molecular complexity index is 570. The second-order valence-corrected chi connectivity index (χ2v) is 4.68. The fourth-order valence-corrected chi connectivity index (χ4v) is 1.74. The van der Waals surface area contributed by atoms with E-state index in [-0.39, 0.29) is 5.78 Å². The van der Waals surface area contributed by atoms with Crippen molar-refractivity contribution in [1.29, 1.82) is 0 Å². The van der Waals surface area contributed by atoms with E-state index in [0.29, 0.717) is 34.2 Å². The van der Waals surface area contributed by atoms with E-state index in [2.05, 4.69) is 18.8 Å². The van der Waals surface area contributed by atoms with Gasteiger partial charge in [0.1, 0.15) is 5.52 Å². The average molecular weight is 232 g/mol. The molecule has 1 aromatic heterocycles. The summed E-state index contributed by atoms with van der Waals surface area (Å²) in [6.07, 6.45) is 0.767. The smallest absolute Gasteiger partial charge is 0.195 e. The largest absolute Gasteiger partial charge is 0.439 e. The molecule has 2 N–H and O–H groups in total. The summed E-state index contributed by atoms with van der Waals surface area (Å²) in [5, 5.41) is 0. The zero-order chi connectivity index (χ0) is 12.6. The zero-order valence-corrected chi connectivity index (χ0v) is 10.3. The standard InChI is InChI=1S/C13H16N2O2/c1-7(2)4-12-15-11-6-9(8(3)16)5-10(14)13(11)17-12/h5-7H,4,14H2,1-3H3. The molecule has 0 spiro atoms. The quantitative estimate of drug-likeness (QED) is 0.652. The minimum atomic E-state index is -0.0213. The summed E-state index contributed by atoms with van der Waals surface area (Å²) in [5.41, 5.74) is 8.12. The Morgan fingerprint density at radius 1 is 1.47 bits per heavy atom. The summed E-state index contributed by atoms with van der Waals surface area (Å²) in [5.74, 6) is 1.12. The lowest BCUT2D eigenvalue weighted by atomic mass is 10.1. The number of aromatic nitrogens is 1. The lowest BCUT2D eigenvalue weighted by Crippen LogP contribution is -1.95. The number of nitrogen functional groups attached to an aromatic ring is 1. The van der Waals surface area contributed by atoms with Gasteiger partial charge in [-0.15, -0.1) is 0 Å². The van der Waals surface area contributed by atoms with Crippen LogP contribution in [0.5, 0.6) is 0 Å². The number of hydrogen-bond acceptors (Lipinski definition) is 4. The van der Waals surface area contributed by atoms with Crippen molar-refractivity contribution in [3.05, 3.63) is 23.6 Å². The minimum absolute atomic E-state index is 0.0213. The number of nitrogens with zero attached hydrogens (tertiary/aromatic N) is 1. The first-order valence-corrected chi connectivity index (χ1v) is 5.67. The number of rotatable bonds is 3. The maximum absolute atomic E-state index is 11.3. The third kappa shape index (κ3) is 2.30. The highest BCUT2D eigenvalue weighted by molar-refractivity contribution is 6.00. The summed E-state index contributed by atoms with van der Waals surface area (Å²) in [4.78, 5) is 15.7. The van der Waals surface area contributed by atoms with Crippen molar-refractivity contribution in [3.63, 3.8) is 0 Å². The van der Waals surface area contributed by atoms with Gasteiger partial charge in [-0.1, -0.05) is 13.8 Å². The molecule has 0 radical (unpaired) electrons. The number of Topliss-reactive ketones (excluding diaryl/α,β-unsaturated/α-hetero) is 1. The van der Waals surface area contributed by atoms with Gasteiger partial charge in [-0.2, -0.15) is 0 Å². The number of fused-ring (bicyclic) bond motifs is 1. The maximum atomic E-state index is 11.3. The molecule has 0 saturated carbocycles. The molecule has 0 atom stereocenters. The molecular formula is C13H16N2O2. The van der Waals surface area contributed by atoms with Crippen LogP contribution >= 0.6 is 0 Å². The normalized spacial score (nSPS) is 11.3. The first-order chi connectivity index (χ1) is 7.97. The van der Waals surface area contributed by atoms with Crippen molar-refractivity contribution >= 4 is 22.6 Å². The van der Waals surface area contributed by atoms with Crippen LogP contribution in [0.25, 0.3) is 11.1 Å². The molecule has 0 saturated heterocycles. The van der Waals surface area contributed by atoms with Crippen molar-refractivity contribution in [2.45, 2.75) is 27.2 Å². The van der Waals surface area contributed by atoms with Gasteiger partial charge in [-0.3, -0.25) is 4.79 Å². The zero-order valence-electron chi connectivity index (χ0n) is 10.3. The van der Waals surface area contributed by atoms with Gasteiger partial charge in [0.25, 0.3) is 0 Å². The predicted molar refractivity (Wildman–Crippen MR) is 67.0 cm³/mol. The van der Waals surface area contributed by atoms with Gasteiger partial charge < -0.3 is 10.2 Å². The van der Waals surface area contributed by atoms with Gasteiger partial charge in [-0.25, -0.2) is 4.98 Å². The lowest BCUT2D eigenvalue weighted by molar-refractivity contribution is 0.101. The van der Waals surface area contributed by atoms with Gasteiger partial charge in [0, 0.05) is 12.0 Å². The number of carbonyl (C=O) groups is 1. The fourth-order valence-electron chi connectivity index (χ4n) is 1.74. The molecule has 90 valence electrons. The van der Waals surface area contributed by atoms with Crippen LogP contribution in [0.15, 0.2) is 16.5 Å². The summed E-state index contributed by atoms with van der Waals surface area (Å²) in [7, 11) is 0. The topological polar surface area (TPSA) is 69.1 Å². The molecule has 4 heteroatoms. The van der Waals surface area contributed by atoms with Crippen LogP contribution in [0.3, 0.4) is 0 Å². The summed E-state index contributed by atoms with van der Waals surface area (Å²) in [6.45, 7) is 5.70. The molecule has 0 aliphatic heterocycles. The third-order valence-corrected chi connectivity index (χ3v) is 2.55. The Morgan fingerprint density at radius 2 is 2.18 bits per heavy atom. The average Bonchev–Trinajstić information content (AvgIpc) is 2.59. The lowest BCUT2D eigenvalue weighted by Gasteiger charge is -1.98. The molecule has 0 aliphatic carbocycles. The first-order valence-electron chi connectivity index (χ1n) is 5.67. The van der Waals surface area contributed by atoms with E-state index in [0.717, 1.165) is 6.42 Å². The van der Waals surface area contributed by atoms with Crippen LogP contribution < -0.4 is 5.73 Å². The minimum Gasteiger partial charge on any atom is -0.439 e. The van der Waals surface area contributed by atoms with Gasteiger partial charge in [-0.05, 0) is 25.0 Å². The number of benzene rings is 1.